The molecule has 0 spiro atoms. The van der Waals surface area contributed by atoms with Crippen LogP contribution in [0.1, 0.15) is 37.7 Å². The molecule has 1 aromatic carbocycles. The van der Waals surface area contributed by atoms with Crippen molar-refractivity contribution in [3.63, 3.8) is 0 Å². The molecule has 0 aromatic heterocycles. The Hall–Kier alpha value is -0.430. The van der Waals surface area contributed by atoms with Crippen molar-refractivity contribution in [2.24, 2.45) is 0 Å². The van der Waals surface area contributed by atoms with Gasteiger partial charge in [-0.15, -0.1) is 11.8 Å². The van der Waals surface area contributed by atoms with E-state index in [9.17, 15) is 0 Å². The Morgan fingerprint density at radius 3 is 3.00 bits per heavy atom. The molecule has 0 aliphatic carbocycles. The number of thioether (sulfide) groups is 1. The van der Waals surface area contributed by atoms with Crippen molar-refractivity contribution < 1.29 is 0 Å². The highest BCUT2D eigenvalue weighted by molar-refractivity contribution is 8.00. The van der Waals surface area contributed by atoms with E-state index in [4.69, 9.17) is 0 Å². The van der Waals surface area contributed by atoms with Crippen molar-refractivity contribution in [3.8, 4) is 0 Å². The Kier molecular flexibility index (Phi) is 4.13. The maximum Gasteiger partial charge on any atom is 0.0107 e. The Morgan fingerprint density at radius 2 is 2.13 bits per heavy atom. The minimum atomic E-state index is 0.853. The highest BCUT2D eigenvalue weighted by atomic mass is 32.2. The van der Waals surface area contributed by atoms with Crippen LogP contribution in [0, 0.1) is 6.92 Å². The van der Waals surface area contributed by atoms with E-state index in [1.165, 1.54) is 37.0 Å². The maximum atomic E-state index is 3.90. The third kappa shape index (κ3) is 3.01. The first-order valence-electron chi connectivity index (χ1n) is 5.94. The third-order valence-corrected chi connectivity index (χ3v) is 4.48. The predicted molar refractivity (Wildman–Crippen MR) is 68.2 cm³/mol. The van der Waals surface area contributed by atoms with Gasteiger partial charge in [0.15, 0.2) is 0 Å². The van der Waals surface area contributed by atoms with E-state index in [2.05, 4.69) is 43.0 Å². The summed E-state index contributed by atoms with van der Waals surface area (Å²) >= 11 is 2.09. The molecule has 1 atom stereocenters. The van der Waals surface area contributed by atoms with Crippen LogP contribution in [-0.4, -0.2) is 5.25 Å². The molecule has 0 saturated heterocycles. The molecule has 81 valence electrons. The number of hydrogen-bond donors (Lipinski definition) is 0. The van der Waals surface area contributed by atoms with Gasteiger partial charge in [0, 0.05) is 10.1 Å². The number of fused-ring (bicyclic) bond motifs is 1. The lowest BCUT2D eigenvalue weighted by atomic mass is 10.0. The van der Waals surface area contributed by atoms with Crippen molar-refractivity contribution in [2.45, 2.75) is 48.7 Å². The Balaban J connectivity index is 1.88. The molecule has 0 bridgehead atoms. The third-order valence-electron chi connectivity index (χ3n) is 3.03. The molecule has 1 heteroatoms. The number of hydrogen-bond acceptors (Lipinski definition) is 1. The van der Waals surface area contributed by atoms with E-state index in [0.717, 1.165) is 11.7 Å². The summed E-state index contributed by atoms with van der Waals surface area (Å²) < 4.78 is 0. The zero-order valence-electron chi connectivity index (χ0n) is 9.24. The zero-order chi connectivity index (χ0) is 10.5. The Labute approximate surface area is 97.5 Å². The molecule has 0 nitrogen and oxygen atoms in total. The average molecular weight is 219 g/mol. The first kappa shape index (κ1) is 11.1. The van der Waals surface area contributed by atoms with Gasteiger partial charge in [-0.2, -0.15) is 0 Å². The van der Waals surface area contributed by atoms with Crippen molar-refractivity contribution in [1.82, 2.24) is 0 Å². The van der Waals surface area contributed by atoms with Crippen LogP contribution >= 0.6 is 11.8 Å². The Bertz CT molecular complexity index is 306. The second kappa shape index (κ2) is 5.60. The van der Waals surface area contributed by atoms with Crippen LogP contribution in [0.15, 0.2) is 29.2 Å². The van der Waals surface area contributed by atoms with Gasteiger partial charge in [-0.05, 0) is 30.9 Å². The van der Waals surface area contributed by atoms with E-state index >= 15 is 0 Å². The van der Waals surface area contributed by atoms with E-state index in [1.54, 1.807) is 5.56 Å². The number of unbranched alkanes of at least 4 members (excludes halogenated alkanes) is 2. The molecule has 1 radical (unpaired) electrons. The van der Waals surface area contributed by atoms with Crippen molar-refractivity contribution in [3.05, 3.63) is 36.8 Å². The molecule has 0 saturated carbocycles. The van der Waals surface area contributed by atoms with E-state index < -0.39 is 0 Å². The highest BCUT2D eigenvalue weighted by Gasteiger charge is 2.17. The fourth-order valence-corrected chi connectivity index (χ4v) is 3.49. The predicted octanol–water partition coefficient (Wildman–Crippen LogP) is 4.49. The fraction of sp³-hybridized carbons (Fsp3) is 0.500. The molecule has 0 fully saturated rings. The summed E-state index contributed by atoms with van der Waals surface area (Å²) in [4.78, 5) is 1.52. The fourth-order valence-electron chi connectivity index (χ4n) is 2.13. The van der Waals surface area contributed by atoms with Gasteiger partial charge in [-0.1, -0.05) is 44.4 Å². The van der Waals surface area contributed by atoms with Gasteiger partial charge in [0.2, 0.25) is 0 Å². The number of aryl methyl sites for hydroxylation is 1. The number of rotatable bonds is 4. The summed E-state index contributed by atoms with van der Waals surface area (Å²) in [6, 6.07) is 8.86. The molecule has 0 N–H and O–H groups in total. The summed E-state index contributed by atoms with van der Waals surface area (Å²) in [5.74, 6) is 0. The molecule has 15 heavy (non-hydrogen) atoms. The van der Waals surface area contributed by atoms with E-state index in [1.807, 2.05) is 0 Å². The minimum absolute atomic E-state index is 0.853. The second-order valence-electron chi connectivity index (χ2n) is 4.24. The number of benzene rings is 1. The Morgan fingerprint density at radius 1 is 1.27 bits per heavy atom. The van der Waals surface area contributed by atoms with Crippen LogP contribution in [0.4, 0.5) is 0 Å². The maximum absolute atomic E-state index is 3.90. The van der Waals surface area contributed by atoms with Crippen LogP contribution in [0.5, 0.6) is 0 Å². The molecule has 2 rings (SSSR count). The van der Waals surface area contributed by atoms with Gasteiger partial charge in [-0.25, -0.2) is 0 Å². The lowest BCUT2D eigenvalue weighted by molar-refractivity contribution is 0.621. The van der Waals surface area contributed by atoms with E-state index in [-0.39, 0.29) is 0 Å². The molecule has 1 unspecified atom stereocenters. The minimum Gasteiger partial charge on any atom is -0.122 e. The average Bonchev–Trinajstić information content (AvgIpc) is 2.29. The lowest BCUT2D eigenvalue weighted by Gasteiger charge is -2.23. The first-order valence-corrected chi connectivity index (χ1v) is 6.82. The highest BCUT2D eigenvalue weighted by Crippen LogP contribution is 2.37. The van der Waals surface area contributed by atoms with Crippen molar-refractivity contribution in [2.75, 3.05) is 0 Å². The largest absolute Gasteiger partial charge is 0.122 e. The van der Waals surface area contributed by atoms with Crippen LogP contribution in [-0.2, 0) is 6.42 Å². The van der Waals surface area contributed by atoms with E-state index in [0.29, 0.717) is 0 Å². The normalized spacial score (nSPS) is 19.9. The van der Waals surface area contributed by atoms with Crippen molar-refractivity contribution >= 4 is 11.8 Å². The van der Waals surface area contributed by atoms with Crippen LogP contribution in [0.3, 0.4) is 0 Å². The van der Waals surface area contributed by atoms with Crippen molar-refractivity contribution in [1.29, 1.82) is 0 Å². The standard InChI is InChI=1S/C14H19S/c1-2-3-4-8-13-11-10-12-7-5-6-9-14(12)15-13/h5-7,9,13H,1-4,8,10-11H2. The summed E-state index contributed by atoms with van der Waals surface area (Å²) in [7, 11) is 0. The van der Waals surface area contributed by atoms with Gasteiger partial charge >= 0.3 is 0 Å². The summed E-state index contributed by atoms with van der Waals surface area (Å²) in [6.07, 6.45) is 7.74. The van der Waals surface area contributed by atoms with Gasteiger partial charge in [0.25, 0.3) is 0 Å². The molecule has 1 heterocycles. The van der Waals surface area contributed by atoms with Crippen LogP contribution in [0.25, 0.3) is 0 Å². The summed E-state index contributed by atoms with van der Waals surface area (Å²) in [5, 5.41) is 0.853. The monoisotopic (exact) mass is 219 g/mol. The van der Waals surface area contributed by atoms with Gasteiger partial charge in [-0.3, -0.25) is 0 Å². The van der Waals surface area contributed by atoms with Gasteiger partial charge in [0.05, 0.1) is 0 Å². The molecular formula is C14H19S. The smallest absolute Gasteiger partial charge is 0.0107 e. The topological polar surface area (TPSA) is 0 Å². The molecule has 1 aliphatic heterocycles. The zero-order valence-corrected chi connectivity index (χ0v) is 10.1. The van der Waals surface area contributed by atoms with Crippen LogP contribution in [0.2, 0.25) is 0 Å². The summed E-state index contributed by atoms with van der Waals surface area (Å²) in [5.41, 5.74) is 1.55. The molecule has 0 amide bonds. The van der Waals surface area contributed by atoms with Crippen LogP contribution < -0.4 is 0 Å². The summed E-state index contributed by atoms with van der Waals surface area (Å²) in [6.45, 7) is 3.90. The quantitative estimate of drug-likeness (QED) is 0.672. The first-order chi connectivity index (χ1) is 7.40. The van der Waals surface area contributed by atoms with Gasteiger partial charge < -0.3 is 0 Å². The molecular weight excluding hydrogens is 200 g/mol. The lowest BCUT2D eigenvalue weighted by Crippen LogP contribution is -2.10. The SMILES string of the molecule is [CH2]CCCCC1CCc2ccccc2S1. The molecule has 1 aromatic rings. The second-order valence-corrected chi connectivity index (χ2v) is 5.58. The van der Waals surface area contributed by atoms with Gasteiger partial charge in [0.1, 0.15) is 0 Å². The molecule has 1 aliphatic rings.